The van der Waals surface area contributed by atoms with Crippen molar-refractivity contribution in [2.24, 2.45) is 5.16 Å². The summed E-state index contributed by atoms with van der Waals surface area (Å²) in [5.41, 5.74) is 4.00. The van der Waals surface area contributed by atoms with Crippen molar-refractivity contribution in [3.8, 4) is 0 Å². The number of aromatic nitrogens is 1. The number of fused-ring (bicyclic) bond motifs is 1. The molecule has 0 saturated carbocycles. The summed E-state index contributed by atoms with van der Waals surface area (Å²) in [6.45, 7) is 2.18. The first-order chi connectivity index (χ1) is 7.85. The lowest BCUT2D eigenvalue weighted by atomic mass is 9.94. The maximum absolute atomic E-state index is 8.95. The van der Waals surface area contributed by atoms with Crippen molar-refractivity contribution < 1.29 is 5.21 Å². The summed E-state index contributed by atoms with van der Waals surface area (Å²) in [7, 11) is 0. The first-order valence-electron chi connectivity index (χ1n) is 6.05. The minimum Gasteiger partial charge on any atom is -0.411 e. The molecule has 0 aliphatic heterocycles. The SMILES string of the molecule is CCCCc1ccc2c(n1)/C(=N\O)CCC2. The minimum atomic E-state index is 0.750. The number of aryl methyl sites for hydroxylation is 2. The third kappa shape index (κ3) is 2.23. The van der Waals surface area contributed by atoms with Gasteiger partial charge in [-0.1, -0.05) is 24.6 Å². The summed E-state index contributed by atoms with van der Waals surface area (Å²) in [5, 5.41) is 12.3. The molecular weight excluding hydrogens is 200 g/mol. The number of nitrogens with zero attached hydrogens (tertiary/aromatic N) is 2. The Morgan fingerprint density at radius 3 is 3.00 bits per heavy atom. The molecule has 0 radical (unpaired) electrons. The van der Waals surface area contributed by atoms with Crippen LogP contribution in [0.1, 0.15) is 49.6 Å². The van der Waals surface area contributed by atoms with Gasteiger partial charge in [0.1, 0.15) is 5.71 Å². The number of hydrogen-bond acceptors (Lipinski definition) is 3. The van der Waals surface area contributed by atoms with E-state index >= 15 is 0 Å². The van der Waals surface area contributed by atoms with E-state index in [-0.39, 0.29) is 0 Å². The van der Waals surface area contributed by atoms with E-state index in [1.54, 1.807) is 0 Å². The van der Waals surface area contributed by atoms with Gasteiger partial charge in [0, 0.05) is 5.69 Å². The van der Waals surface area contributed by atoms with Gasteiger partial charge in [-0.15, -0.1) is 0 Å². The standard InChI is InChI=1S/C13H18N2O/c1-2-3-6-11-9-8-10-5-4-7-12(15-16)13(10)14-11/h8-9,16H,2-7H2,1H3/b15-12-. The molecule has 86 valence electrons. The third-order valence-electron chi connectivity index (χ3n) is 3.08. The highest BCUT2D eigenvalue weighted by atomic mass is 16.4. The zero-order valence-corrected chi connectivity index (χ0v) is 9.74. The second-order valence-electron chi connectivity index (χ2n) is 4.31. The molecule has 0 aromatic carbocycles. The van der Waals surface area contributed by atoms with E-state index in [0.717, 1.165) is 49.2 Å². The maximum Gasteiger partial charge on any atom is 0.105 e. The number of rotatable bonds is 3. The normalized spacial score (nSPS) is 17.4. The lowest BCUT2D eigenvalue weighted by Gasteiger charge is -2.16. The quantitative estimate of drug-likeness (QED) is 0.626. The Hall–Kier alpha value is -1.38. The fraction of sp³-hybridized carbons (Fsp3) is 0.538. The van der Waals surface area contributed by atoms with Crippen LogP contribution < -0.4 is 0 Å². The topological polar surface area (TPSA) is 45.5 Å². The molecule has 1 aromatic heterocycles. The maximum atomic E-state index is 8.95. The molecule has 2 rings (SSSR count). The lowest BCUT2D eigenvalue weighted by molar-refractivity contribution is 0.317. The van der Waals surface area contributed by atoms with Crippen LogP contribution in [-0.4, -0.2) is 15.9 Å². The average molecular weight is 218 g/mol. The highest BCUT2D eigenvalue weighted by molar-refractivity contribution is 6.00. The number of oxime groups is 1. The molecule has 1 N–H and O–H groups in total. The Balaban J connectivity index is 2.28. The average Bonchev–Trinajstić information content (AvgIpc) is 2.35. The van der Waals surface area contributed by atoms with Crippen LogP contribution in [-0.2, 0) is 12.8 Å². The van der Waals surface area contributed by atoms with Crippen molar-refractivity contribution in [1.82, 2.24) is 4.98 Å². The van der Waals surface area contributed by atoms with Crippen LogP contribution in [0, 0.1) is 0 Å². The third-order valence-corrected chi connectivity index (χ3v) is 3.08. The minimum absolute atomic E-state index is 0.750. The molecule has 0 saturated heterocycles. The molecule has 0 unspecified atom stereocenters. The molecule has 0 bridgehead atoms. The van der Waals surface area contributed by atoms with Crippen molar-refractivity contribution in [3.05, 3.63) is 29.1 Å². The van der Waals surface area contributed by atoms with Crippen molar-refractivity contribution in [3.63, 3.8) is 0 Å². The van der Waals surface area contributed by atoms with Gasteiger partial charge in [-0.3, -0.25) is 4.98 Å². The van der Waals surface area contributed by atoms with E-state index in [9.17, 15) is 0 Å². The van der Waals surface area contributed by atoms with Gasteiger partial charge < -0.3 is 5.21 Å². The van der Waals surface area contributed by atoms with Gasteiger partial charge in [0.2, 0.25) is 0 Å². The van der Waals surface area contributed by atoms with Crippen LogP contribution in [0.25, 0.3) is 0 Å². The highest BCUT2D eigenvalue weighted by Crippen LogP contribution is 2.20. The summed E-state index contributed by atoms with van der Waals surface area (Å²) in [4.78, 5) is 4.61. The molecule has 3 heteroatoms. The van der Waals surface area contributed by atoms with Crippen LogP contribution in [0.5, 0.6) is 0 Å². The summed E-state index contributed by atoms with van der Waals surface area (Å²) < 4.78 is 0. The number of pyridine rings is 1. The van der Waals surface area contributed by atoms with Crippen molar-refractivity contribution in [2.45, 2.75) is 45.4 Å². The summed E-state index contributed by atoms with van der Waals surface area (Å²) >= 11 is 0. The van der Waals surface area contributed by atoms with Gasteiger partial charge in [-0.2, -0.15) is 0 Å². The molecule has 1 heterocycles. The van der Waals surface area contributed by atoms with Crippen molar-refractivity contribution in [2.75, 3.05) is 0 Å². The fourth-order valence-electron chi connectivity index (χ4n) is 2.14. The number of unbranched alkanes of at least 4 members (excludes halogenated alkanes) is 1. The Bertz CT molecular complexity index is 399. The first-order valence-corrected chi connectivity index (χ1v) is 6.05. The predicted molar refractivity (Wildman–Crippen MR) is 64.1 cm³/mol. The summed E-state index contributed by atoms with van der Waals surface area (Å²) in [5.74, 6) is 0. The zero-order valence-electron chi connectivity index (χ0n) is 9.74. The highest BCUT2D eigenvalue weighted by Gasteiger charge is 2.17. The summed E-state index contributed by atoms with van der Waals surface area (Å²) in [6.07, 6.45) is 6.31. The Morgan fingerprint density at radius 2 is 2.25 bits per heavy atom. The zero-order chi connectivity index (χ0) is 11.4. The van der Waals surface area contributed by atoms with Crippen LogP contribution in [0.2, 0.25) is 0 Å². The smallest absolute Gasteiger partial charge is 0.105 e. The molecule has 1 aliphatic rings. The molecule has 16 heavy (non-hydrogen) atoms. The predicted octanol–water partition coefficient (Wildman–Crippen LogP) is 2.94. The molecule has 1 aromatic rings. The van der Waals surface area contributed by atoms with E-state index in [0.29, 0.717) is 0 Å². The van der Waals surface area contributed by atoms with E-state index < -0.39 is 0 Å². The van der Waals surface area contributed by atoms with Crippen LogP contribution in [0.4, 0.5) is 0 Å². The molecule has 0 atom stereocenters. The second kappa shape index (κ2) is 5.10. The van der Waals surface area contributed by atoms with Crippen LogP contribution >= 0.6 is 0 Å². The largest absolute Gasteiger partial charge is 0.411 e. The second-order valence-corrected chi connectivity index (χ2v) is 4.31. The molecule has 3 nitrogen and oxygen atoms in total. The van der Waals surface area contributed by atoms with Gasteiger partial charge >= 0.3 is 0 Å². The van der Waals surface area contributed by atoms with E-state index in [2.05, 4.69) is 29.2 Å². The van der Waals surface area contributed by atoms with Gasteiger partial charge in [-0.25, -0.2) is 0 Å². The van der Waals surface area contributed by atoms with Crippen molar-refractivity contribution in [1.29, 1.82) is 0 Å². The van der Waals surface area contributed by atoms with Crippen molar-refractivity contribution >= 4 is 5.71 Å². The van der Waals surface area contributed by atoms with Gasteiger partial charge in [-0.05, 0) is 43.7 Å². The molecule has 1 aliphatic carbocycles. The van der Waals surface area contributed by atoms with E-state index in [4.69, 9.17) is 5.21 Å². The fourth-order valence-corrected chi connectivity index (χ4v) is 2.14. The van der Waals surface area contributed by atoms with E-state index in [1.807, 2.05) is 0 Å². The van der Waals surface area contributed by atoms with Crippen LogP contribution in [0.15, 0.2) is 17.3 Å². The molecule has 0 spiro atoms. The Kier molecular flexibility index (Phi) is 3.54. The Labute approximate surface area is 96.2 Å². The molecular formula is C13H18N2O. The lowest BCUT2D eigenvalue weighted by Crippen LogP contribution is -2.15. The van der Waals surface area contributed by atoms with Gasteiger partial charge in [0.15, 0.2) is 0 Å². The first kappa shape index (κ1) is 11.1. The molecule has 0 fully saturated rings. The van der Waals surface area contributed by atoms with E-state index in [1.165, 1.54) is 12.0 Å². The summed E-state index contributed by atoms with van der Waals surface area (Å²) in [6, 6.07) is 4.24. The monoisotopic (exact) mass is 218 g/mol. The van der Waals surface area contributed by atoms with Gasteiger partial charge in [0.05, 0.1) is 5.69 Å². The Morgan fingerprint density at radius 1 is 1.38 bits per heavy atom. The van der Waals surface area contributed by atoms with Gasteiger partial charge in [0.25, 0.3) is 0 Å². The number of hydrogen-bond donors (Lipinski definition) is 1. The van der Waals surface area contributed by atoms with Crippen LogP contribution in [0.3, 0.4) is 0 Å². The molecule has 0 amide bonds.